The monoisotopic (exact) mass is 409 g/mol. The molecule has 3 heterocycles. The van der Waals surface area contributed by atoms with Crippen LogP contribution >= 0.6 is 35.3 Å². The van der Waals surface area contributed by atoms with Crippen molar-refractivity contribution in [1.82, 2.24) is 9.88 Å². The van der Waals surface area contributed by atoms with Gasteiger partial charge in [0, 0.05) is 33.6 Å². The predicted octanol–water partition coefficient (Wildman–Crippen LogP) is 4.23. The first kappa shape index (κ1) is 17.7. The van der Waals surface area contributed by atoms with Crippen molar-refractivity contribution in [3.8, 4) is 6.07 Å². The van der Waals surface area contributed by atoms with Gasteiger partial charge in [0.2, 0.25) is 0 Å². The van der Waals surface area contributed by atoms with Gasteiger partial charge in [-0.1, -0.05) is 36.1 Å². The lowest BCUT2D eigenvalue weighted by Gasteiger charge is -2.12. The Morgan fingerprint density at radius 2 is 2.19 bits per heavy atom. The number of nitrogens with one attached hydrogen (secondary N) is 1. The van der Waals surface area contributed by atoms with Gasteiger partial charge in [-0.25, -0.2) is 0 Å². The molecule has 1 saturated heterocycles. The van der Waals surface area contributed by atoms with Gasteiger partial charge in [-0.15, -0.1) is 11.3 Å². The van der Waals surface area contributed by atoms with Crippen molar-refractivity contribution in [1.29, 1.82) is 5.26 Å². The van der Waals surface area contributed by atoms with Gasteiger partial charge in [-0.2, -0.15) is 5.26 Å². The van der Waals surface area contributed by atoms with Crippen LogP contribution in [0, 0.1) is 11.3 Å². The standard InChI is InChI=1S/C19H11N3O2S3/c20-8-11-3-1-5-14-17(11)13(9-21-14)15(23)7-16-18(24)22(19(25)27-16)10-12-4-2-6-26-12/h1-7,9,21H,10H2/b16-7-. The lowest BCUT2D eigenvalue weighted by Crippen LogP contribution is -2.27. The number of allylic oxidation sites excluding steroid dienone is 1. The van der Waals surface area contributed by atoms with Crippen LogP contribution in [0.1, 0.15) is 20.8 Å². The van der Waals surface area contributed by atoms with Crippen LogP contribution in [0.15, 0.2) is 52.9 Å². The Balaban J connectivity index is 1.64. The third kappa shape index (κ3) is 3.21. The maximum Gasteiger partial charge on any atom is 0.266 e. The van der Waals surface area contributed by atoms with Crippen molar-refractivity contribution in [3.63, 3.8) is 0 Å². The van der Waals surface area contributed by atoms with E-state index in [1.165, 1.54) is 11.0 Å². The summed E-state index contributed by atoms with van der Waals surface area (Å²) in [4.78, 5) is 31.3. The lowest BCUT2D eigenvalue weighted by atomic mass is 10.0. The van der Waals surface area contributed by atoms with E-state index in [-0.39, 0.29) is 11.7 Å². The van der Waals surface area contributed by atoms with Crippen LogP contribution in [0.3, 0.4) is 0 Å². The van der Waals surface area contributed by atoms with Gasteiger partial charge >= 0.3 is 0 Å². The van der Waals surface area contributed by atoms with Crippen LogP contribution in [0.2, 0.25) is 0 Å². The van der Waals surface area contributed by atoms with E-state index in [2.05, 4.69) is 11.1 Å². The zero-order valence-electron chi connectivity index (χ0n) is 13.8. The Bertz CT molecular complexity index is 1150. The van der Waals surface area contributed by atoms with E-state index in [1.54, 1.807) is 35.7 Å². The maximum absolute atomic E-state index is 12.8. The number of thioether (sulfide) groups is 1. The number of amides is 1. The van der Waals surface area contributed by atoms with E-state index in [4.69, 9.17) is 12.2 Å². The quantitative estimate of drug-likeness (QED) is 0.396. The molecule has 27 heavy (non-hydrogen) atoms. The van der Waals surface area contributed by atoms with E-state index in [0.717, 1.165) is 16.6 Å². The number of carbonyl (C=O) groups is 2. The first-order valence-electron chi connectivity index (χ1n) is 7.91. The number of aromatic amines is 1. The second-order valence-corrected chi connectivity index (χ2v) is 8.46. The summed E-state index contributed by atoms with van der Waals surface area (Å²) in [5.74, 6) is -0.604. The number of H-pyrrole nitrogens is 1. The number of hydrogen-bond donors (Lipinski definition) is 1. The van der Waals surface area contributed by atoms with Crippen molar-refractivity contribution < 1.29 is 9.59 Å². The van der Waals surface area contributed by atoms with Gasteiger partial charge in [0.1, 0.15) is 4.32 Å². The summed E-state index contributed by atoms with van der Waals surface area (Å²) < 4.78 is 0.434. The molecule has 4 rings (SSSR count). The first-order valence-corrected chi connectivity index (χ1v) is 10.0. The molecule has 1 aromatic carbocycles. The summed E-state index contributed by atoms with van der Waals surface area (Å²) in [6, 6.07) is 11.2. The highest BCUT2D eigenvalue weighted by atomic mass is 32.2. The van der Waals surface area contributed by atoms with Gasteiger partial charge in [0.15, 0.2) is 5.78 Å². The third-order valence-corrected chi connectivity index (χ3v) is 6.36. The summed E-state index contributed by atoms with van der Waals surface area (Å²) in [5.41, 5.74) is 1.48. The third-order valence-electron chi connectivity index (χ3n) is 4.12. The number of benzene rings is 1. The van der Waals surface area contributed by atoms with Crippen LogP contribution in [-0.4, -0.2) is 25.9 Å². The molecule has 0 aliphatic carbocycles. The molecule has 1 fully saturated rings. The first-order chi connectivity index (χ1) is 13.1. The average Bonchev–Trinajstić information content (AvgIpc) is 3.38. The zero-order valence-corrected chi connectivity index (χ0v) is 16.2. The number of thiocarbonyl (C=S) groups is 1. The number of nitriles is 1. The summed E-state index contributed by atoms with van der Waals surface area (Å²) in [6.07, 6.45) is 2.88. The fourth-order valence-corrected chi connectivity index (χ4v) is 4.78. The summed E-state index contributed by atoms with van der Waals surface area (Å²) >= 11 is 7.98. The highest BCUT2D eigenvalue weighted by Gasteiger charge is 2.33. The predicted molar refractivity (Wildman–Crippen MR) is 110 cm³/mol. The SMILES string of the molecule is N#Cc1cccc2[nH]cc(C(=O)/C=C3\SC(=S)N(Cc4cccs4)C3=O)c12. The number of nitrogens with zero attached hydrogens (tertiary/aromatic N) is 2. The molecule has 1 aliphatic heterocycles. The molecule has 132 valence electrons. The molecule has 0 radical (unpaired) electrons. The fourth-order valence-electron chi connectivity index (χ4n) is 2.86. The number of aromatic nitrogens is 1. The molecule has 0 spiro atoms. The van der Waals surface area contributed by atoms with Crippen LogP contribution in [0.4, 0.5) is 0 Å². The molecule has 1 N–H and O–H groups in total. The molecule has 0 atom stereocenters. The van der Waals surface area contributed by atoms with Crippen LogP contribution < -0.4 is 0 Å². The number of thiophene rings is 1. The molecule has 8 heteroatoms. The van der Waals surface area contributed by atoms with Gasteiger partial charge in [0.05, 0.1) is 23.1 Å². The lowest BCUT2D eigenvalue weighted by molar-refractivity contribution is -0.122. The Hall–Kier alpha value is -2.73. The molecular formula is C19H11N3O2S3. The Morgan fingerprint density at radius 3 is 2.93 bits per heavy atom. The molecule has 0 saturated carbocycles. The van der Waals surface area contributed by atoms with Gasteiger partial charge in [-0.3, -0.25) is 14.5 Å². The highest BCUT2D eigenvalue weighted by Crippen LogP contribution is 2.33. The van der Waals surface area contributed by atoms with E-state index in [0.29, 0.717) is 37.8 Å². The minimum Gasteiger partial charge on any atom is -0.360 e. The average molecular weight is 410 g/mol. The summed E-state index contributed by atoms with van der Waals surface area (Å²) in [6.45, 7) is 0.402. The Kier molecular flexibility index (Phi) is 4.66. The molecule has 0 bridgehead atoms. The summed E-state index contributed by atoms with van der Waals surface area (Å²) in [5, 5.41) is 11.8. The van der Waals surface area contributed by atoms with Crippen LogP contribution in [0.5, 0.6) is 0 Å². The maximum atomic E-state index is 12.8. The van der Waals surface area contributed by atoms with E-state index < -0.39 is 0 Å². The van der Waals surface area contributed by atoms with Crippen LogP contribution in [-0.2, 0) is 11.3 Å². The van der Waals surface area contributed by atoms with E-state index in [1.807, 2.05) is 17.5 Å². The van der Waals surface area contributed by atoms with Crippen molar-refractivity contribution in [2.45, 2.75) is 6.54 Å². The second kappa shape index (κ2) is 7.12. The number of hydrogen-bond acceptors (Lipinski definition) is 6. The van der Waals surface area contributed by atoms with Crippen molar-refractivity contribution in [3.05, 3.63) is 68.9 Å². The summed E-state index contributed by atoms with van der Waals surface area (Å²) in [7, 11) is 0. The molecular weight excluding hydrogens is 398 g/mol. The second-order valence-electron chi connectivity index (χ2n) is 5.75. The molecule has 1 amide bonds. The molecule has 1 aliphatic rings. The number of fused-ring (bicyclic) bond motifs is 1. The zero-order chi connectivity index (χ0) is 19.0. The number of ketones is 1. The van der Waals surface area contributed by atoms with Crippen molar-refractivity contribution in [2.75, 3.05) is 0 Å². The smallest absolute Gasteiger partial charge is 0.266 e. The minimum atomic E-state index is -0.333. The minimum absolute atomic E-state index is 0.271. The van der Waals surface area contributed by atoms with Gasteiger partial charge in [-0.05, 0) is 23.6 Å². The fraction of sp³-hybridized carbons (Fsp3) is 0.0526. The van der Waals surface area contributed by atoms with Crippen molar-refractivity contribution >= 4 is 62.2 Å². The molecule has 2 aromatic heterocycles. The highest BCUT2D eigenvalue weighted by molar-refractivity contribution is 8.26. The van der Waals surface area contributed by atoms with Crippen LogP contribution in [0.25, 0.3) is 10.9 Å². The number of rotatable bonds is 4. The van der Waals surface area contributed by atoms with Gasteiger partial charge < -0.3 is 4.98 Å². The topological polar surface area (TPSA) is 77.0 Å². The Labute approximate surface area is 168 Å². The molecule has 3 aromatic rings. The largest absolute Gasteiger partial charge is 0.360 e. The van der Waals surface area contributed by atoms with Gasteiger partial charge in [0.25, 0.3) is 5.91 Å². The van der Waals surface area contributed by atoms with Crippen molar-refractivity contribution in [2.24, 2.45) is 0 Å². The molecule has 0 unspecified atom stereocenters. The Morgan fingerprint density at radius 1 is 1.33 bits per heavy atom. The normalized spacial score (nSPS) is 15.7. The number of carbonyl (C=O) groups excluding carboxylic acids is 2. The molecule has 5 nitrogen and oxygen atoms in total. The van der Waals surface area contributed by atoms with E-state index >= 15 is 0 Å². The van der Waals surface area contributed by atoms with E-state index in [9.17, 15) is 14.9 Å².